The summed E-state index contributed by atoms with van der Waals surface area (Å²) in [6, 6.07) is 0. The summed E-state index contributed by atoms with van der Waals surface area (Å²) in [6.07, 6.45) is 69.9. The number of unbranched alkanes of at least 4 members (excludes halogenated alkanes) is 24. The van der Waals surface area contributed by atoms with Crippen molar-refractivity contribution in [2.45, 2.75) is 264 Å². The van der Waals surface area contributed by atoms with Crippen molar-refractivity contribution < 1.29 is 28.6 Å². The molecule has 0 radical (unpaired) electrons. The SMILES string of the molecule is CC/C=C\C/C=C\C/C=C\C/C=C\CCCCCCC(=O)OCC(COC(=O)CCCCCCC/C=C\CCCCCCCC)OC(=O)CCCCCCC/C=C\C/C=C\CCCCCC. The van der Waals surface area contributed by atoms with E-state index in [0.29, 0.717) is 19.3 Å². The van der Waals surface area contributed by atoms with Gasteiger partial charge < -0.3 is 14.2 Å². The second-order valence-corrected chi connectivity index (χ2v) is 18.1. The number of hydrogen-bond donors (Lipinski definition) is 0. The predicted molar refractivity (Wildman–Crippen MR) is 284 cm³/mol. The highest BCUT2D eigenvalue weighted by Gasteiger charge is 2.19. The molecule has 378 valence electrons. The van der Waals surface area contributed by atoms with Gasteiger partial charge in [-0.3, -0.25) is 14.4 Å². The Labute approximate surface area is 407 Å². The Kier molecular flexibility index (Phi) is 51.4. The fourth-order valence-corrected chi connectivity index (χ4v) is 7.46. The van der Waals surface area contributed by atoms with Crippen LogP contribution in [0.2, 0.25) is 0 Å². The van der Waals surface area contributed by atoms with Gasteiger partial charge in [-0.1, -0.05) is 209 Å². The van der Waals surface area contributed by atoms with Crippen molar-refractivity contribution in [1.29, 1.82) is 0 Å². The molecular formula is C60H102O6. The van der Waals surface area contributed by atoms with Gasteiger partial charge in [-0.25, -0.2) is 0 Å². The van der Waals surface area contributed by atoms with Crippen LogP contribution in [0.15, 0.2) is 85.1 Å². The van der Waals surface area contributed by atoms with Gasteiger partial charge in [0, 0.05) is 19.3 Å². The summed E-state index contributed by atoms with van der Waals surface area (Å²) >= 11 is 0. The van der Waals surface area contributed by atoms with Gasteiger partial charge in [0.15, 0.2) is 6.10 Å². The Bertz CT molecular complexity index is 1290. The highest BCUT2D eigenvalue weighted by Crippen LogP contribution is 2.14. The molecule has 0 bridgehead atoms. The average Bonchev–Trinajstić information content (AvgIpc) is 3.31. The van der Waals surface area contributed by atoms with Crippen LogP contribution < -0.4 is 0 Å². The monoisotopic (exact) mass is 919 g/mol. The Balaban J connectivity index is 4.47. The zero-order chi connectivity index (χ0) is 47.9. The van der Waals surface area contributed by atoms with Crippen molar-refractivity contribution in [3.8, 4) is 0 Å². The molecule has 1 unspecified atom stereocenters. The van der Waals surface area contributed by atoms with Crippen LogP contribution in [0.1, 0.15) is 258 Å². The van der Waals surface area contributed by atoms with Crippen LogP contribution in [0.4, 0.5) is 0 Å². The molecule has 0 N–H and O–H groups in total. The van der Waals surface area contributed by atoms with Crippen LogP contribution >= 0.6 is 0 Å². The van der Waals surface area contributed by atoms with Gasteiger partial charge in [-0.2, -0.15) is 0 Å². The van der Waals surface area contributed by atoms with E-state index >= 15 is 0 Å². The third kappa shape index (κ3) is 51.6. The second kappa shape index (κ2) is 54.2. The zero-order valence-electron chi connectivity index (χ0n) is 43.2. The van der Waals surface area contributed by atoms with Crippen LogP contribution in [0.5, 0.6) is 0 Å². The predicted octanol–water partition coefficient (Wildman–Crippen LogP) is 18.4. The van der Waals surface area contributed by atoms with Crippen LogP contribution in [0, 0.1) is 0 Å². The summed E-state index contributed by atoms with van der Waals surface area (Å²) in [7, 11) is 0. The molecule has 0 saturated carbocycles. The number of esters is 3. The summed E-state index contributed by atoms with van der Waals surface area (Å²) in [4.78, 5) is 38.1. The number of allylic oxidation sites excluding steroid dienone is 14. The number of carbonyl (C=O) groups excluding carboxylic acids is 3. The Morgan fingerprint density at radius 1 is 0.318 bits per heavy atom. The molecular weight excluding hydrogens is 817 g/mol. The molecule has 0 aromatic heterocycles. The molecule has 0 aliphatic heterocycles. The van der Waals surface area contributed by atoms with Gasteiger partial charge >= 0.3 is 17.9 Å². The summed E-state index contributed by atoms with van der Waals surface area (Å²) in [5, 5.41) is 0. The molecule has 0 spiro atoms. The Hall–Kier alpha value is -3.41. The first kappa shape index (κ1) is 62.6. The molecule has 6 nitrogen and oxygen atoms in total. The molecule has 0 aromatic carbocycles. The number of ether oxygens (including phenoxy) is 3. The first-order valence-electron chi connectivity index (χ1n) is 27.6. The maximum absolute atomic E-state index is 12.8. The van der Waals surface area contributed by atoms with Crippen molar-refractivity contribution in [3.63, 3.8) is 0 Å². The quantitative estimate of drug-likeness (QED) is 0.0262. The van der Waals surface area contributed by atoms with Gasteiger partial charge in [-0.05, 0) is 116 Å². The van der Waals surface area contributed by atoms with E-state index in [1.54, 1.807) is 0 Å². The highest BCUT2D eigenvalue weighted by molar-refractivity contribution is 5.71. The van der Waals surface area contributed by atoms with E-state index in [1.165, 1.54) is 89.9 Å². The molecule has 0 saturated heterocycles. The minimum atomic E-state index is -0.798. The molecule has 1 atom stereocenters. The van der Waals surface area contributed by atoms with Crippen molar-refractivity contribution >= 4 is 17.9 Å². The molecule has 0 aliphatic rings. The van der Waals surface area contributed by atoms with E-state index < -0.39 is 6.10 Å². The van der Waals surface area contributed by atoms with Crippen molar-refractivity contribution in [2.24, 2.45) is 0 Å². The summed E-state index contributed by atoms with van der Waals surface area (Å²) in [5.41, 5.74) is 0. The van der Waals surface area contributed by atoms with Crippen molar-refractivity contribution in [2.75, 3.05) is 13.2 Å². The molecule has 0 rings (SSSR count). The lowest BCUT2D eigenvalue weighted by Crippen LogP contribution is -2.30. The maximum atomic E-state index is 12.8. The number of rotatable bonds is 49. The van der Waals surface area contributed by atoms with E-state index in [9.17, 15) is 14.4 Å². The van der Waals surface area contributed by atoms with Crippen LogP contribution in [-0.4, -0.2) is 37.2 Å². The Morgan fingerprint density at radius 3 is 0.955 bits per heavy atom. The minimum Gasteiger partial charge on any atom is -0.462 e. The Morgan fingerprint density at radius 2 is 0.591 bits per heavy atom. The summed E-state index contributed by atoms with van der Waals surface area (Å²) < 4.78 is 16.8. The second-order valence-electron chi connectivity index (χ2n) is 18.1. The molecule has 0 aliphatic carbocycles. The smallest absolute Gasteiger partial charge is 0.306 e. The van der Waals surface area contributed by atoms with Crippen LogP contribution in [0.3, 0.4) is 0 Å². The molecule has 0 fully saturated rings. The lowest BCUT2D eigenvalue weighted by Gasteiger charge is -2.18. The largest absolute Gasteiger partial charge is 0.462 e. The van der Waals surface area contributed by atoms with E-state index in [2.05, 4.69) is 106 Å². The highest BCUT2D eigenvalue weighted by atomic mass is 16.6. The minimum absolute atomic E-state index is 0.0947. The zero-order valence-corrected chi connectivity index (χ0v) is 43.2. The lowest BCUT2D eigenvalue weighted by molar-refractivity contribution is -0.167. The van der Waals surface area contributed by atoms with E-state index in [-0.39, 0.29) is 31.1 Å². The normalized spacial score (nSPS) is 12.7. The number of carbonyl (C=O) groups is 3. The first-order chi connectivity index (χ1) is 32.5. The van der Waals surface area contributed by atoms with Gasteiger partial charge in [0.2, 0.25) is 0 Å². The van der Waals surface area contributed by atoms with Gasteiger partial charge in [0.1, 0.15) is 13.2 Å². The molecule has 6 heteroatoms. The topological polar surface area (TPSA) is 78.9 Å². The fraction of sp³-hybridized carbons (Fsp3) is 0.717. The van der Waals surface area contributed by atoms with Gasteiger partial charge in [-0.15, -0.1) is 0 Å². The third-order valence-corrected chi connectivity index (χ3v) is 11.6. The van der Waals surface area contributed by atoms with Crippen molar-refractivity contribution in [1.82, 2.24) is 0 Å². The summed E-state index contributed by atoms with van der Waals surface area (Å²) in [5.74, 6) is -0.938. The summed E-state index contributed by atoms with van der Waals surface area (Å²) in [6.45, 7) is 6.47. The maximum Gasteiger partial charge on any atom is 0.306 e. The lowest BCUT2D eigenvalue weighted by atomic mass is 10.1. The van der Waals surface area contributed by atoms with E-state index in [0.717, 1.165) is 128 Å². The average molecular weight is 919 g/mol. The van der Waals surface area contributed by atoms with Crippen LogP contribution in [-0.2, 0) is 28.6 Å². The van der Waals surface area contributed by atoms with E-state index in [1.807, 2.05) is 0 Å². The molecule has 0 aromatic rings. The standard InChI is InChI=1S/C60H102O6/c1-4-7-10-13-16-19-22-25-28-30-33-35-38-41-44-47-50-53-59(62)65-56-57(55-64-58(61)52-49-46-43-40-37-34-31-27-24-21-18-15-12-9-6-3)66-60(63)54-51-48-45-42-39-36-32-29-26-23-20-17-14-11-8-5-2/h7,10,16,19-20,23,25,27-29,31-33,35,57H,4-6,8-9,11-15,17-18,21-22,24,26,30,34,36-56H2,1-3H3/b10-7-,19-16-,23-20-,28-25-,31-27-,32-29-,35-33-. The number of hydrogen-bond acceptors (Lipinski definition) is 6. The first-order valence-corrected chi connectivity index (χ1v) is 27.6. The molecule has 66 heavy (non-hydrogen) atoms. The molecule has 0 heterocycles. The van der Waals surface area contributed by atoms with Crippen LogP contribution in [0.25, 0.3) is 0 Å². The van der Waals surface area contributed by atoms with Gasteiger partial charge in [0.25, 0.3) is 0 Å². The van der Waals surface area contributed by atoms with Crippen molar-refractivity contribution in [3.05, 3.63) is 85.1 Å². The fourth-order valence-electron chi connectivity index (χ4n) is 7.46. The molecule has 0 amide bonds. The third-order valence-electron chi connectivity index (χ3n) is 11.6. The van der Waals surface area contributed by atoms with E-state index in [4.69, 9.17) is 14.2 Å². The van der Waals surface area contributed by atoms with Gasteiger partial charge in [0.05, 0.1) is 0 Å².